The van der Waals surface area contributed by atoms with Crippen LogP contribution in [0.15, 0.2) is 24.3 Å². The Kier molecular flexibility index (Phi) is 7.13. The summed E-state index contributed by atoms with van der Waals surface area (Å²) in [5.74, 6) is -0.287. The van der Waals surface area contributed by atoms with Crippen LogP contribution in [0, 0.1) is 0 Å². The van der Waals surface area contributed by atoms with E-state index in [2.05, 4.69) is 0 Å². The fourth-order valence-corrected chi connectivity index (χ4v) is 1.45. The molecule has 0 aliphatic rings. The number of benzene rings is 1. The quantitative estimate of drug-likeness (QED) is 0.850. The summed E-state index contributed by atoms with van der Waals surface area (Å²) in [5, 5.41) is 0.617. The van der Waals surface area contributed by atoms with Crippen LogP contribution in [0.1, 0.15) is 24.9 Å². The van der Waals surface area contributed by atoms with Gasteiger partial charge in [0.1, 0.15) is 0 Å². The third-order valence-corrected chi connectivity index (χ3v) is 2.20. The number of hydrogen-bond donors (Lipinski definition) is 1. The van der Waals surface area contributed by atoms with Crippen LogP contribution in [0.2, 0.25) is 5.02 Å². The molecule has 0 fully saturated rings. The average Bonchev–Trinajstić information content (AvgIpc) is 2.18. The summed E-state index contributed by atoms with van der Waals surface area (Å²) in [4.78, 5) is 11.2. The molecule has 0 unspecified atom stereocenters. The van der Waals surface area contributed by atoms with Crippen molar-refractivity contribution >= 4 is 30.0 Å². The van der Waals surface area contributed by atoms with E-state index in [1.807, 2.05) is 12.1 Å². The zero-order valence-electron chi connectivity index (χ0n) is 8.98. The van der Waals surface area contributed by atoms with Gasteiger partial charge in [-0.25, -0.2) is 0 Å². The lowest BCUT2D eigenvalue weighted by molar-refractivity contribution is -0.143. The van der Waals surface area contributed by atoms with Crippen molar-refractivity contribution in [3.05, 3.63) is 34.9 Å². The van der Waals surface area contributed by atoms with Crippen LogP contribution in [-0.4, -0.2) is 12.6 Å². The molecule has 0 bridgehead atoms. The number of halogens is 2. The van der Waals surface area contributed by atoms with Gasteiger partial charge in [0.15, 0.2) is 0 Å². The van der Waals surface area contributed by atoms with Crippen LogP contribution in [0.4, 0.5) is 0 Å². The summed E-state index contributed by atoms with van der Waals surface area (Å²) >= 11 is 5.81. The van der Waals surface area contributed by atoms with Crippen LogP contribution < -0.4 is 5.73 Å². The fraction of sp³-hybridized carbons (Fsp3) is 0.364. The summed E-state index contributed by atoms with van der Waals surface area (Å²) in [6.45, 7) is 2.14. The molecule has 0 aromatic heterocycles. The maximum atomic E-state index is 11.2. The highest BCUT2D eigenvalue weighted by Gasteiger charge is 2.12. The zero-order chi connectivity index (χ0) is 11.3. The van der Waals surface area contributed by atoms with Gasteiger partial charge in [-0.2, -0.15) is 0 Å². The summed E-state index contributed by atoms with van der Waals surface area (Å²) in [5.41, 5.74) is 6.68. The number of esters is 1. The zero-order valence-corrected chi connectivity index (χ0v) is 10.6. The highest BCUT2D eigenvalue weighted by atomic mass is 35.5. The molecule has 0 spiro atoms. The van der Waals surface area contributed by atoms with E-state index < -0.39 is 0 Å². The first-order valence-corrected chi connectivity index (χ1v) is 5.18. The molecular weight excluding hydrogens is 249 g/mol. The Morgan fingerprint density at radius 2 is 2.25 bits per heavy atom. The third kappa shape index (κ3) is 4.84. The number of nitrogens with two attached hydrogens (primary N) is 1. The highest BCUT2D eigenvalue weighted by molar-refractivity contribution is 6.30. The minimum Gasteiger partial charge on any atom is -0.466 e. The average molecular weight is 264 g/mol. The van der Waals surface area contributed by atoms with Crippen molar-refractivity contribution in [2.75, 3.05) is 6.61 Å². The molecule has 90 valence electrons. The van der Waals surface area contributed by atoms with Crippen molar-refractivity contribution in [2.24, 2.45) is 5.73 Å². The van der Waals surface area contributed by atoms with Gasteiger partial charge in [0.05, 0.1) is 13.0 Å². The number of carbonyl (C=O) groups excluding carboxylic acids is 1. The Morgan fingerprint density at radius 1 is 1.56 bits per heavy atom. The summed E-state index contributed by atoms with van der Waals surface area (Å²) in [6, 6.07) is 6.81. The van der Waals surface area contributed by atoms with Crippen molar-refractivity contribution in [1.29, 1.82) is 0 Å². The van der Waals surface area contributed by atoms with E-state index >= 15 is 0 Å². The monoisotopic (exact) mass is 263 g/mol. The third-order valence-electron chi connectivity index (χ3n) is 1.97. The van der Waals surface area contributed by atoms with Crippen molar-refractivity contribution < 1.29 is 9.53 Å². The highest BCUT2D eigenvalue weighted by Crippen LogP contribution is 2.18. The molecule has 3 nitrogen and oxygen atoms in total. The minimum atomic E-state index is -0.359. The van der Waals surface area contributed by atoms with Gasteiger partial charge in [-0.1, -0.05) is 23.7 Å². The Labute approximate surface area is 106 Å². The Hall–Kier alpha value is -0.770. The van der Waals surface area contributed by atoms with Gasteiger partial charge in [-0.15, -0.1) is 12.4 Å². The SMILES string of the molecule is CCOC(=O)C[C@H](N)c1cccc(Cl)c1.Cl. The van der Waals surface area contributed by atoms with E-state index in [-0.39, 0.29) is 30.8 Å². The first kappa shape index (κ1) is 15.2. The van der Waals surface area contributed by atoms with E-state index in [0.29, 0.717) is 11.6 Å². The lowest BCUT2D eigenvalue weighted by atomic mass is 10.1. The van der Waals surface area contributed by atoms with E-state index in [4.69, 9.17) is 22.1 Å². The number of hydrogen-bond acceptors (Lipinski definition) is 3. The van der Waals surface area contributed by atoms with Crippen LogP contribution in [0.5, 0.6) is 0 Å². The standard InChI is InChI=1S/C11H14ClNO2.ClH/c1-2-15-11(14)7-10(13)8-4-3-5-9(12)6-8;/h3-6,10H,2,7,13H2,1H3;1H/t10-;/m0./s1. The Bertz CT molecular complexity index is 345. The molecule has 1 atom stereocenters. The van der Waals surface area contributed by atoms with E-state index in [1.165, 1.54) is 0 Å². The predicted octanol–water partition coefficient (Wildman–Crippen LogP) is 2.71. The van der Waals surface area contributed by atoms with Gasteiger partial charge in [-0.3, -0.25) is 4.79 Å². The van der Waals surface area contributed by atoms with Crippen LogP contribution >= 0.6 is 24.0 Å². The van der Waals surface area contributed by atoms with E-state index in [1.54, 1.807) is 19.1 Å². The molecule has 2 N–H and O–H groups in total. The second-order valence-corrected chi connectivity index (χ2v) is 3.61. The summed E-state index contributed by atoms with van der Waals surface area (Å²) in [7, 11) is 0. The molecule has 1 aromatic carbocycles. The van der Waals surface area contributed by atoms with Crippen LogP contribution in [0.3, 0.4) is 0 Å². The molecule has 0 aliphatic carbocycles. The van der Waals surface area contributed by atoms with Crippen molar-refractivity contribution in [1.82, 2.24) is 0 Å². The smallest absolute Gasteiger partial charge is 0.307 e. The molecule has 1 aromatic rings. The molecule has 5 heteroatoms. The number of carbonyl (C=O) groups is 1. The molecular formula is C11H15Cl2NO2. The molecule has 0 heterocycles. The van der Waals surface area contributed by atoms with Gasteiger partial charge in [0, 0.05) is 11.1 Å². The maximum absolute atomic E-state index is 11.2. The van der Waals surface area contributed by atoms with Crippen molar-refractivity contribution in [3.63, 3.8) is 0 Å². The normalized spacial score (nSPS) is 11.4. The summed E-state index contributed by atoms with van der Waals surface area (Å²) < 4.78 is 4.81. The van der Waals surface area contributed by atoms with E-state index in [0.717, 1.165) is 5.56 Å². The fourth-order valence-electron chi connectivity index (χ4n) is 1.25. The molecule has 0 saturated heterocycles. The predicted molar refractivity (Wildman–Crippen MR) is 66.9 cm³/mol. The number of rotatable bonds is 4. The molecule has 1 rings (SSSR count). The Balaban J connectivity index is 0.00000225. The van der Waals surface area contributed by atoms with Gasteiger partial charge >= 0.3 is 5.97 Å². The lowest BCUT2D eigenvalue weighted by Gasteiger charge is -2.11. The minimum absolute atomic E-state index is 0. The van der Waals surface area contributed by atoms with Gasteiger partial charge in [0.2, 0.25) is 0 Å². The van der Waals surface area contributed by atoms with Crippen molar-refractivity contribution in [2.45, 2.75) is 19.4 Å². The summed E-state index contributed by atoms with van der Waals surface area (Å²) in [6.07, 6.45) is 0.175. The van der Waals surface area contributed by atoms with Crippen molar-refractivity contribution in [3.8, 4) is 0 Å². The van der Waals surface area contributed by atoms with Gasteiger partial charge in [0.25, 0.3) is 0 Å². The van der Waals surface area contributed by atoms with Crippen LogP contribution in [-0.2, 0) is 9.53 Å². The largest absolute Gasteiger partial charge is 0.466 e. The number of ether oxygens (including phenoxy) is 1. The molecule has 0 amide bonds. The second-order valence-electron chi connectivity index (χ2n) is 3.17. The van der Waals surface area contributed by atoms with Crippen LogP contribution in [0.25, 0.3) is 0 Å². The van der Waals surface area contributed by atoms with Gasteiger partial charge in [-0.05, 0) is 24.6 Å². The molecule has 0 saturated carbocycles. The van der Waals surface area contributed by atoms with E-state index in [9.17, 15) is 4.79 Å². The first-order chi connectivity index (χ1) is 7.13. The maximum Gasteiger partial charge on any atom is 0.307 e. The molecule has 0 aliphatic heterocycles. The first-order valence-electron chi connectivity index (χ1n) is 4.80. The lowest BCUT2D eigenvalue weighted by Crippen LogP contribution is -2.17. The topological polar surface area (TPSA) is 52.3 Å². The Morgan fingerprint density at radius 3 is 2.81 bits per heavy atom. The second kappa shape index (κ2) is 7.49. The molecule has 16 heavy (non-hydrogen) atoms. The molecule has 0 radical (unpaired) electrons. The van der Waals surface area contributed by atoms with Gasteiger partial charge < -0.3 is 10.5 Å².